The molecule has 2 rings (SSSR count). The fraction of sp³-hybridized carbons (Fsp3) is 0.188. The SMILES string of the molecule is COC(=O)c1ccc(OCc2ccccc2C)c([N+](=O)[O-])c1. The van der Waals surface area contributed by atoms with Crippen molar-refractivity contribution in [2.75, 3.05) is 7.11 Å². The number of ether oxygens (including phenoxy) is 2. The zero-order valence-corrected chi connectivity index (χ0v) is 12.2. The third-order valence-corrected chi connectivity index (χ3v) is 3.22. The Labute approximate surface area is 127 Å². The average molecular weight is 301 g/mol. The van der Waals surface area contributed by atoms with Crippen molar-refractivity contribution in [1.29, 1.82) is 0 Å². The lowest BCUT2D eigenvalue weighted by molar-refractivity contribution is -0.386. The van der Waals surface area contributed by atoms with E-state index in [4.69, 9.17) is 4.74 Å². The van der Waals surface area contributed by atoms with Crippen molar-refractivity contribution in [3.05, 3.63) is 69.3 Å². The van der Waals surface area contributed by atoms with Crippen molar-refractivity contribution >= 4 is 11.7 Å². The molecule has 6 heteroatoms. The summed E-state index contributed by atoms with van der Waals surface area (Å²) in [7, 11) is 1.22. The van der Waals surface area contributed by atoms with E-state index in [2.05, 4.69) is 4.74 Å². The van der Waals surface area contributed by atoms with Crippen LogP contribution in [-0.4, -0.2) is 18.0 Å². The maximum Gasteiger partial charge on any atom is 0.338 e. The van der Waals surface area contributed by atoms with E-state index >= 15 is 0 Å². The number of esters is 1. The summed E-state index contributed by atoms with van der Waals surface area (Å²) >= 11 is 0. The van der Waals surface area contributed by atoms with E-state index in [0.29, 0.717) is 0 Å². The van der Waals surface area contributed by atoms with Crippen molar-refractivity contribution < 1.29 is 19.2 Å². The molecule has 0 radical (unpaired) electrons. The second-order valence-electron chi connectivity index (χ2n) is 4.65. The van der Waals surface area contributed by atoms with Gasteiger partial charge >= 0.3 is 11.7 Å². The normalized spacial score (nSPS) is 10.1. The molecule has 6 nitrogen and oxygen atoms in total. The van der Waals surface area contributed by atoms with Gasteiger partial charge in [0.1, 0.15) is 6.61 Å². The molecule has 0 aliphatic rings. The first-order chi connectivity index (χ1) is 10.5. The van der Waals surface area contributed by atoms with Crippen LogP contribution in [0.5, 0.6) is 5.75 Å². The van der Waals surface area contributed by atoms with Gasteiger partial charge in [0.15, 0.2) is 5.75 Å². The molecule has 2 aromatic carbocycles. The van der Waals surface area contributed by atoms with Crippen LogP contribution < -0.4 is 4.74 Å². The minimum atomic E-state index is -0.631. The third kappa shape index (κ3) is 3.41. The number of hydrogen-bond donors (Lipinski definition) is 0. The molecule has 0 saturated heterocycles. The van der Waals surface area contributed by atoms with Gasteiger partial charge in [-0.25, -0.2) is 4.79 Å². The summed E-state index contributed by atoms with van der Waals surface area (Å²) in [6, 6.07) is 11.6. The van der Waals surface area contributed by atoms with Crippen molar-refractivity contribution in [3.63, 3.8) is 0 Å². The van der Waals surface area contributed by atoms with Crippen molar-refractivity contribution in [2.45, 2.75) is 13.5 Å². The highest BCUT2D eigenvalue weighted by Crippen LogP contribution is 2.29. The highest BCUT2D eigenvalue weighted by molar-refractivity contribution is 5.90. The summed E-state index contributed by atoms with van der Waals surface area (Å²) in [6.45, 7) is 2.15. The van der Waals surface area contributed by atoms with Gasteiger partial charge in [-0.2, -0.15) is 0 Å². The molecule has 114 valence electrons. The molecule has 0 aromatic heterocycles. The van der Waals surface area contributed by atoms with Gasteiger partial charge < -0.3 is 9.47 Å². The number of rotatable bonds is 5. The van der Waals surface area contributed by atoms with Crippen LogP contribution >= 0.6 is 0 Å². The minimum absolute atomic E-state index is 0.109. The molecule has 0 spiro atoms. The molecule has 0 saturated carbocycles. The number of nitro groups is 1. The van der Waals surface area contributed by atoms with Crippen molar-refractivity contribution in [1.82, 2.24) is 0 Å². The van der Waals surface area contributed by atoms with Crippen LogP contribution in [0.2, 0.25) is 0 Å². The molecular weight excluding hydrogens is 286 g/mol. The summed E-state index contributed by atoms with van der Waals surface area (Å²) in [5.74, 6) is -0.519. The van der Waals surface area contributed by atoms with Gasteiger partial charge in [-0.1, -0.05) is 24.3 Å². The molecule has 0 bridgehead atoms. The summed E-state index contributed by atoms with van der Waals surface area (Å²) in [5, 5.41) is 11.1. The van der Waals surface area contributed by atoms with Crippen molar-refractivity contribution in [2.24, 2.45) is 0 Å². The Hall–Kier alpha value is -2.89. The number of methoxy groups -OCH3 is 1. The lowest BCUT2D eigenvalue weighted by Gasteiger charge is -2.09. The van der Waals surface area contributed by atoms with E-state index in [1.165, 1.54) is 19.2 Å². The number of benzene rings is 2. The van der Waals surface area contributed by atoms with Crippen LogP contribution in [0.25, 0.3) is 0 Å². The second kappa shape index (κ2) is 6.71. The van der Waals surface area contributed by atoms with E-state index in [1.807, 2.05) is 31.2 Å². The number of aryl methyl sites for hydroxylation is 1. The molecule has 0 aliphatic heterocycles. The molecule has 2 aromatic rings. The van der Waals surface area contributed by atoms with Gasteiger partial charge in [-0.05, 0) is 30.2 Å². The molecule has 22 heavy (non-hydrogen) atoms. The first-order valence-corrected chi connectivity index (χ1v) is 6.57. The van der Waals surface area contributed by atoms with Crippen LogP contribution in [-0.2, 0) is 11.3 Å². The molecule has 0 heterocycles. The number of carbonyl (C=O) groups is 1. The van der Waals surface area contributed by atoms with Gasteiger partial charge in [0.05, 0.1) is 17.6 Å². The highest BCUT2D eigenvalue weighted by atomic mass is 16.6. The quantitative estimate of drug-likeness (QED) is 0.481. The maximum atomic E-state index is 11.4. The van der Waals surface area contributed by atoms with Gasteiger partial charge in [0.2, 0.25) is 0 Å². The van der Waals surface area contributed by atoms with Gasteiger partial charge in [-0.3, -0.25) is 10.1 Å². The van der Waals surface area contributed by atoms with Crippen LogP contribution in [0.4, 0.5) is 5.69 Å². The lowest BCUT2D eigenvalue weighted by Crippen LogP contribution is -2.04. The first-order valence-electron chi connectivity index (χ1n) is 6.57. The van der Waals surface area contributed by atoms with E-state index < -0.39 is 10.9 Å². The monoisotopic (exact) mass is 301 g/mol. The molecule has 0 N–H and O–H groups in total. The topological polar surface area (TPSA) is 78.7 Å². The fourth-order valence-electron chi connectivity index (χ4n) is 1.95. The zero-order chi connectivity index (χ0) is 16.1. The Bertz CT molecular complexity index is 711. The van der Waals surface area contributed by atoms with E-state index in [1.54, 1.807) is 0 Å². The molecule has 0 atom stereocenters. The van der Waals surface area contributed by atoms with Gasteiger partial charge in [0, 0.05) is 6.07 Å². The smallest absolute Gasteiger partial charge is 0.338 e. The van der Waals surface area contributed by atoms with E-state index in [0.717, 1.165) is 17.2 Å². The van der Waals surface area contributed by atoms with Crippen LogP contribution in [0.3, 0.4) is 0 Å². The standard InChI is InChI=1S/C16H15NO5/c1-11-5-3-4-6-13(11)10-22-15-8-7-12(16(18)21-2)9-14(15)17(19)20/h3-9H,10H2,1-2H3. The van der Waals surface area contributed by atoms with E-state index in [-0.39, 0.29) is 23.6 Å². The molecular formula is C16H15NO5. The predicted octanol–water partition coefficient (Wildman–Crippen LogP) is 3.27. The Morgan fingerprint density at radius 2 is 1.95 bits per heavy atom. The zero-order valence-electron chi connectivity index (χ0n) is 12.2. The average Bonchev–Trinajstić information content (AvgIpc) is 2.53. The molecule has 0 unspecified atom stereocenters. The fourth-order valence-corrected chi connectivity index (χ4v) is 1.95. The molecule has 0 aliphatic carbocycles. The Morgan fingerprint density at radius 1 is 1.23 bits per heavy atom. The highest BCUT2D eigenvalue weighted by Gasteiger charge is 2.19. The summed E-state index contributed by atoms with van der Waals surface area (Å²) in [5.41, 5.74) is 1.82. The third-order valence-electron chi connectivity index (χ3n) is 3.22. The summed E-state index contributed by atoms with van der Waals surface area (Å²) in [4.78, 5) is 22.0. The van der Waals surface area contributed by atoms with Crippen molar-refractivity contribution in [3.8, 4) is 5.75 Å². The predicted molar refractivity (Wildman–Crippen MR) is 79.9 cm³/mol. The molecule has 0 fully saturated rings. The Kier molecular flexibility index (Phi) is 4.73. The Balaban J connectivity index is 2.25. The van der Waals surface area contributed by atoms with Gasteiger partial charge in [-0.15, -0.1) is 0 Å². The summed E-state index contributed by atoms with van der Waals surface area (Å²) in [6.07, 6.45) is 0. The minimum Gasteiger partial charge on any atom is -0.482 e. The Morgan fingerprint density at radius 3 is 2.59 bits per heavy atom. The number of hydrogen-bond acceptors (Lipinski definition) is 5. The lowest BCUT2D eigenvalue weighted by atomic mass is 10.1. The van der Waals surface area contributed by atoms with Crippen LogP contribution in [0.1, 0.15) is 21.5 Å². The largest absolute Gasteiger partial charge is 0.482 e. The molecule has 0 amide bonds. The summed E-state index contributed by atoms with van der Waals surface area (Å²) < 4.78 is 10.1. The van der Waals surface area contributed by atoms with Gasteiger partial charge in [0.25, 0.3) is 0 Å². The number of nitro benzene ring substituents is 1. The number of carbonyl (C=O) groups excluding carboxylic acids is 1. The number of nitrogens with zero attached hydrogens (tertiary/aromatic N) is 1. The van der Waals surface area contributed by atoms with E-state index in [9.17, 15) is 14.9 Å². The second-order valence-corrected chi connectivity index (χ2v) is 4.65. The van der Waals surface area contributed by atoms with Crippen LogP contribution in [0, 0.1) is 17.0 Å². The van der Waals surface area contributed by atoms with Crippen LogP contribution in [0.15, 0.2) is 42.5 Å². The maximum absolute atomic E-state index is 11.4. The first kappa shape index (κ1) is 15.5.